The van der Waals surface area contributed by atoms with Crippen LogP contribution in [-0.4, -0.2) is 35.8 Å². The Hall–Kier alpha value is -2.35. The molecule has 0 aromatic heterocycles. The van der Waals surface area contributed by atoms with Crippen LogP contribution >= 0.6 is 0 Å². The lowest BCUT2D eigenvalue weighted by atomic mass is 10.2. The standard InChI is InChI=1S/C11H15N3O5/c1-7(6-15)12-11(16)13-9-4-3-8(19-2)5-10(9)14(17)18/h3-5,7,15H,6H2,1-2H3,(H2,12,13,16). The lowest BCUT2D eigenvalue weighted by Crippen LogP contribution is -2.38. The van der Waals surface area contributed by atoms with E-state index in [-0.39, 0.29) is 18.0 Å². The summed E-state index contributed by atoms with van der Waals surface area (Å²) in [5.41, 5.74) is -0.223. The first-order valence-electron chi connectivity index (χ1n) is 5.48. The van der Waals surface area contributed by atoms with Crippen molar-refractivity contribution >= 4 is 17.4 Å². The van der Waals surface area contributed by atoms with Crippen LogP contribution < -0.4 is 15.4 Å². The summed E-state index contributed by atoms with van der Waals surface area (Å²) in [5, 5.41) is 24.5. The van der Waals surface area contributed by atoms with Crippen molar-refractivity contribution in [2.75, 3.05) is 19.0 Å². The normalized spacial score (nSPS) is 11.5. The van der Waals surface area contributed by atoms with Crippen LogP contribution in [0, 0.1) is 10.1 Å². The Morgan fingerprint density at radius 2 is 2.26 bits per heavy atom. The van der Waals surface area contributed by atoms with E-state index in [4.69, 9.17) is 9.84 Å². The van der Waals surface area contributed by atoms with Gasteiger partial charge >= 0.3 is 6.03 Å². The molecule has 104 valence electrons. The predicted molar refractivity (Wildman–Crippen MR) is 68.4 cm³/mol. The molecule has 2 amide bonds. The van der Waals surface area contributed by atoms with Crippen molar-refractivity contribution in [3.05, 3.63) is 28.3 Å². The Bertz CT molecular complexity index is 477. The smallest absolute Gasteiger partial charge is 0.319 e. The Morgan fingerprint density at radius 1 is 1.58 bits per heavy atom. The van der Waals surface area contributed by atoms with E-state index >= 15 is 0 Å². The van der Waals surface area contributed by atoms with E-state index in [1.54, 1.807) is 6.92 Å². The van der Waals surface area contributed by atoms with Crippen LogP contribution in [0.15, 0.2) is 18.2 Å². The molecule has 1 aromatic rings. The number of ether oxygens (including phenoxy) is 1. The van der Waals surface area contributed by atoms with E-state index in [1.807, 2.05) is 0 Å². The zero-order valence-electron chi connectivity index (χ0n) is 10.5. The van der Waals surface area contributed by atoms with Crippen molar-refractivity contribution in [1.82, 2.24) is 5.32 Å². The van der Waals surface area contributed by atoms with Crippen LogP contribution in [0.4, 0.5) is 16.2 Å². The lowest BCUT2D eigenvalue weighted by molar-refractivity contribution is -0.384. The fourth-order valence-electron chi connectivity index (χ4n) is 1.32. The number of hydrogen-bond acceptors (Lipinski definition) is 5. The summed E-state index contributed by atoms with van der Waals surface area (Å²) in [7, 11) is 1.39. The van der Waals surface area contributed by atoms with Crippen molar-refractivity contribution in [1.29, 1.82) is 0 Å². The molecule has 1 aromatic carbocycles. The number of aliphatic hydroxyl groups is 1. The van der Waals surface area contributed by atoms with E-state index < -0.39 is 17.0 Å². The minimum atomic E-state index is -0.630. The Kier molecular flexibility index (Phi) is 5.07. The summed E-state index contributed by atoms with van der Waals surface area (Å²) in [6, 6.07) is 3.01. The van der Waals surface area contributed by atoms with Gasteiger partial charge in [0.2, 0.25) is 0 Å². The molecule has 0 fully saturated rings. The average molecular weight is 269 g/mol. The number of amides is 2. The van der Waals surface area contributed by atoms with Crippen LogP contribution in [0.3, 0.4) is 0 Å². The summed E-state index contributed by atoms with van der Waals surface area (Å²) in [5.74, 6) is 0.321. The zero-order chi connectivity index (χ0) is 14.4. The summed E-state index contributed by atoms with van der Waals surface area (Å²) < 4.78 is 4.88. The molecule has 0 heterocycles. The summed E-state index contributed by atoms with van der Waals surface area (Å²) >= 11 is 0. The third-order valence-corrected chi connectivity index (χ3v) is 2.30. The molecular formula is C11H15N3O5. The third kappa shape index (κ3) is 4.11. The van der Waals surface area contributed by atoms with Gasteiger partial charge in [0.15, 0.2) is 0 Å². The van der Waals surface area contributed by atoms with Crippen LogP contribution in [-0.2, 0) is 0 Å². The van der Waals surface area contributed by atoms with Gasteiger partial charge in [-0.05, 0) is 19.1 Å². The predicted octanol–water partition coefficient (Wildman–Crippen LogP) is 1.11. The topological polar surface area (TPSA) is 114 Å². The Morgan fingerprint density at radius 3 is 2.79 bits per heavy atom. The number of urea groups is 1. The molecule has 8 nitrogen and oxygen atoms in total. The monoisotopic (exact) mass is 269 g/mol. The Labute approximate surface area is 109 Å². The molecule has 0 aliphatic rings. The number of carbonyl (C=O) groups is 1. The molecule has 1 atom stereocenters. The van der Waals surface area contributed by atoms with Gasteiger partial charge in [0.25, 0.3) is 5.69 Å². The quantitative estimate of drug-likeness (QED) is 0.547. The summed E-state index contributed by atoms with van der Waals surface area (Å²) in [4.78, 5) is 21.8. The number of nitrogens with one attached hydrogen (secondary N) is 2. The number of hydrogen-bond donors (Lipinski definition) is 3. The third-order valence-electron chi connectivity index (χ3n) is 2.30. The van der Waals surface area contributed by atoms with Crippen LogP contribution in [0.25, 0.3) is 0 Å². The number of aliphatic hydroxyl groups excluding tert-OH is 1. The summed E-state index contributed by atoms with van der Waals surface area (Å²) in [6.45, 7) is 1.38. The van der Waals surface area contributed by atoms with Crippen LogP contribution in [0.5, 0.6) is 5.75 Å². The van der Waals surface area contributed by atoms with Gasteiger partial charge in [-0.2, -0.15) is 0 Å². The second-order valence-electron chi connectivity index (χ2n) is 3.82. The molecule has 8 heteroatoms. The molecule has 0 bridgehead atoms. The van der Waals surface area contributed by atoms with Gasteiger partial charge < -0.3 is 20.5 Å². The maximum absolute atomic E-state index is 11.5. The highest BCUT2D eigenvalue weighted by Crippen LogP contribution is 2.28. The molecule has 1 unspecified atom stereocenters. The van der Waals surface area contributed by atoms with E-state index in [0.717, 1.165) is 0 Å². The number of carbonyl (C=O) groups excluding carboxylic acids is 1. The molecule has 0 saturated carbocycles. The number of anilines is 1. The molecule has 0 radical (unpaired) electrons. The molecule has 0 spiro atoms. The highest BCUT2D eigenvalue weighted by molar-refractivity contribution is 5.92. The van der Waals surface area contributed by atoms with Gasteiger partial charge in [-0.1, -0.05) is 0 Å². The first-order chi connectivity index (χ1) is 8.97. The first kappa shape index (κ1) is 14.7. The lowest BCUT2D eigenvalue weighted by Gasteiger charge is -2.12. The molecule has 1 rings (SSSR count). The second-order valence-corrected chi connectivity index (χ2v) is 3.82. The number of nitro groups is 1. The molecule has 3 N–H and O–H groups in total. The number of rotatable bonds is 5. The number of nitrogens with zero attached hydrogens (tertiary/aromatic N) is 1. The van der Waals surface area contributed by atoms with Gasteiger partial charge in [-0.25, -0.2) is 4.79 Å². The van der Waals surface area contributed by atoms with Gasteiger partial charge in [-0.3, -0.25) is 10.1 Å². The average Bonchev–Trinajstić information content (AvgIpc) is 2.38. The van der Waals surface area contributed by atoms with Crippen molar-refractivity contribution in [3.63, 3.8) is 0 Å². The molecule has 0 aliphatic carbocycles. The summed E-state index contributed by atoms with van der Waals surface area (Å²) in [6.07, 6.45) is 0. The van der Waals surface area contributed by atoms with Gasteiger partial charge in [0.1, 0.15) is 11.4 Å². The SMILES string of the molecule is COc1ccc(NC(=O)NC(C)CO)c([N+](=O)[O-])c1. The van der Waals surface area contributed by atoms with E-state index in [0.29, 0.717) is 5.75 Å². The van der Waals surface area contributed by atoms with Gasteiger partial charge in [-0.15, -0.1) is 0 Å². The number of benzene rings is 1. The number of methoxy groups -OCH3 is 1. The van der Waals surface area contributed by atoms with Crippen molar-refractivity contribution in [3.8, 4) is 5.75 Å². The van der Waals surface area contributed by atoms with Gasteiger partial charge in [0, 0.05) is 0 Å². The van der Waals surface area contributed by atoms with Gasteiger partial charge in [0.05, 0.1) is 30.7 Å². The zero-order valence-corrected chi connectivity index (χ0v) is 10.5. The minimum absolute atomic E-state index is 0.0495. The van der Waals surface area contributed by atoms with E-state index in [9.17, 15) is 14.9 Å². The highest BCUT2D eigenvalue weighted by Gasteiger charge is 2.17. The van der Waals surface area contributed by atoms with Crippen LogP contribution in [0.2, 0.25) is 0 Å². The van der Waals surface area contributed by atoms with Crippen LogP contribution in [0.1, 0.15) is 6.92 Å². The second kappa shape index (κ2) is 6.55. The fourth-order valence-corrected chi connectivity index (χ4v) is 1.32. The van der Waals surface area contributed by atoms with Crippen molar-refractivity contribution in [2.24, 2.45) is 0 Å². The van der Waals surface area contributed by atoms with E-state index in [2.05, 4.69) is 10.6 Å². The Balaban J connectivity index is 2.88. The molecule has 0 saturated heterocycles. The fraction of sp³-hybridized carbons (Fsp3) is 0.364. The molecule has 0 aliphatic heterocycles. The maximum Gasteiger partial charge on any atom is 0.319 e. The highest BCUT2D eigenvalue weighted by atomic mass is 16.6. The minimum Gasteiger partial charge on any atom is -0.496 e. The number of nitro benzene ring substituents is 1. The van der Waals surface area contributed by atoms with Crippen molar-refractivity contribution in [2.45, 2.75) is 13.0 Å². The largest absolute Gasteiger partial charge is 0.496 e. The molecule has 19 heavy (non-hydrogen) atoms. The van der Waals surface area contributed by atoms with E-state index in [1.165, 1.54) is 25.3 Å². The maximum atomic E-state index is 11.5. The van der Waals surface area contributed by atoms with Crippen molar-refractivity contribution < 1.29 is 19.6 Å². The first-order valence-corrected chi connectivity index (χ1v) is 5.48. The molecular weight excluding hydrogens is 254 g/mol.